The average Bonchev–Trinajstić information content (AvgIpc) is 3.14. The van der Waals surface area contributed by atoms with Crippen molar-refractivity contribution in [3.8, 4) is 0 Å². The molecule has 0 saturated carbocycles. The zero-order valence-corrected chi connectivity index (χ0v) is 13.3. The molecule has 0 bridgehead atoms. The van der Waals surface area contributed by atoms with Crippen molar-refractivity contribution in [2.45, 2.75) is 30.8 Å². The Hall–Kier alpha value is -1.94. The van der Waals surface area contributed by atoms with Crippen molar-refractivity contribution in [2.75, 3.05) is 14.1 Å². The number of rotatable bonds is 4. The molecule has 2 rings (SSSR count). The Balaban J connectivity index is 0.000000970. The van der Waals surface area contributed by atoms with Crippen molar-refractivity contribution >= 4 is 0 Å². The Morgan fingerprint density at radius 1 is 0.920 bits per heavy atom. The van der Waals surface area contributed by atoms with Crippen LogP contribution in [0.4, 0.5) is 26.3 Å². The predicted octanol–water partition coefficient (Wildman–Crippen LogP) is 3.81. The van der Waals surface area contributed by atoms with Crippen LogP contribution < -0.4 is 5.32 Å². The summed E-state index contributed by atoms with van der Waals surface area (Å²) in [6.45, 7) is 0. The van der Waals surface area contributed by atoms with Crippen LogP contribution >= 0.6 is 0 Å². The molecular weight excluding hydrogens is 356 g/mol. The topological polar surface area (TPSA) is 58.5 Å². The van der Waals surface area contributed by atoms with Gasteiger partial charge in [0.2, 0.25) is 0 Å². The molecule has 2 heterocycles. The van der Waals surface area contributed by atoms with Gasteiger partial charge >= 0.3 is 18.0 Å². The van der Waals surface area contributed by atoms with Crippen LogP contribution in [0.15, 0.2) is 39.4 Å². The van der Waals surface area contributed by atoms with E-state index in [-0.39, 0.29) is 18.6 Å². The lowest BCUT2D eigenvalue weighted by molar-refractivity contribution is -0.381. The summed E-state index contributed by atoms with van der Waals surface area (Å²) < 4.78 is 85.5. The maximum absolute atomic E-state index is 12.7. The first-order chi connectivity index (χ1) is 11.5. The van der Waals surface area contributed by atoms with Crippen LogP contribution in [0.2, 0.25) is 0 Å². The monoisotopic (exact) mass is 373 g/mol. The first kappa shape index (κ1) is 21.1. The van der Waals surface area contributed by atoms with Crippen LogP contribution in [0.25, 0.3) is 0 Å². The highest BCUT2D eigenvalue weighted by Gasteiger charge is 2.73. The first-order valence-corrected chi connectivity index (χ1v) is 7.03. The molecule has 0 aliphatic rings. The minimum absolute atomic E-state index is 0.0271. The first-order valence-electron chi connectivity index (χ1n) is 7.03. The van der Waals surface area contributed by atoms with Gasteiger partial charge in [-0.2, -0.15) is 26.3 Å². The molecular formula is C15H17F6NO3. The van der Waals surface area contributed by atoms with Gasteiger partial charge in [0, 0.05) is 12.8 Å². The number of alkyl halides is 6. The van der Waals surface area contributed by atoms with E-state index in [1.54, 1.807) is 12.1 Å². The molecule has 0 aliphatic carbocycles. The number of hydrogen-bond acceptors (Lipinski definition) is 4. The maximum Gasteiger partial charge on any atom is 0.433 e. The van der Waals surface area contributed by atoms with Gasteiger partial charge in [0.15, 0.2) is 5.76 Å². The largest absolute Gasteiger partial charge is 0.469 e. The number of hydrogen-bond donors (Lipinski definition) is 2. The number of halogens is 6. The second-order valence-corrected chi connectivity index (χ2v) is 5.05. The van der Waals surface area contributed by atoms with Gasteiger partial charge in [-0.1, -0.05) is 0 Å². The summed E-state index contributed by atoms with van der Waals surface area (Å²) in [5, 5.41) is 11.9. The summed E-state index contributed by atoms with van der Waals surface area (Å²) in [4.78, 5) is 0. The van der Waals surface area contributed by atoms with Crippen molar-refractivity contribution in [3.05, 3.63) is 47.8 Å². The quantitative estimate of drug-likeness (QED) is 0.801. The second-order valence-electron chi connectivity index (χ2n) is 5.05. The van der Waals surface area contributed by atoms with E-state index in [4.69, 9.17) is 9.52 Å². The second kappa shape index (κ2) is 7.96. The van der Waals surface area contributed by atoms with Crippen LogP contribution in [0.5, 0.6) is 0 Å². The smallest absolute Gasteiger partial charge is 0.433 e. The van der Waals surface area contributed by atoms with Gasteiger partial charge in [-0.05, 0) is 38.4 Å². The Kier molecular flexibility index (Phi) is 6.72. The highest BCUT2D eigenvalue weighted by atomic mass is 19.4. The number of nitrogens with one attached hydrogen (secondary N) is 1. The minimum atomic E-state index is -5.96. The third kappa shape index (κ3) is 4.79. The normalized spacial score (nSPS) is 12.7. The third-order valence-electron chi connectivity index (χ3n) is 3.04. The molecule has 10 heteroatoms. The maximum atomic E-state index is 12.7. The van der Waals surface area contributed by atoms with Gasteiger partial charge in [0.25, 0.3) is 0 Å². The molecule has 0 radical (unpaired) electrons. The van der Waals surface area contributed by atoms with Crippen molar-refractivity contribution in [1.82, 2.24) is 5.32 Å². The molecule has 0 atom stereocenters. The van der Waals surface area contributed by atoms with Gasteiger partial charge in [-0.25, -0.2) is 0 Å². The summed E-state index contributed by atoms with van der Waals surface area (Å²) in [6, 6.07) is 4.62. The van der Waals surface area contributed by atoms with Gasteiger partial charge in [0.05, 0.1) is 6.26 Å². The van der Waals surface area contributed by atoms with Crippen molar-refractivity contribution in [2.24, 2.45) is 0 Å². The summed E-state index contributed by atoms with van der Waals surface area (Å²) in [6.07, 6.45) is -10.3. The van der Waals surface area contributed by atoms with E-state index in [0.717, 1.165) is 6.07 Å². The van der Waals surface area contributed by atoms with E-state index in [2.05, 4.69) is 9.73 Å². The van der Waals surface area contributed by atoms with Gasteiger partial charge in [0.1, 0.15) is 11.5 Å². The van der Waals surface area contributed by atoms with Crippen LogP contribution in [0.3, 0.4) is 0 Å². The van der Waals surface area contributed by atoms with Crippen LogP contribution in [0, 0.1) is 0 Å². The Morgan fingerprint density at radius 3 is 1.88 bits per heavy atom. The Bertz CT molecular complexity index is 616. The number of aliphatic hydroxyl groups is 1. The molecule has 0 aliphatic heterocycles. The lowest BCUT2D eigenvalue weighted by Crippen LogP contribution is -2.53. The van der Waals surface area contributed by atoms with Gasteiger partial charge < -0.3 is 19.3 Å². The SMILES string of the molecule is CNC.OC(c1ccc(CCc2ccco2)o1)(C(F)(F)F)C(F)(F)F. The highest BCUT2D eigenvalue weighted by molar-refractivity contribution is 5.19. The van der Waals surface area contributed by atoms with Gasteiger partial charge in [-0.15, -0.1) is 0 Å². The third-order valence-corrected chi connectivity index (χ3v) is 3.04. The summed E-state index contributed by atoms with van der Waals surface area (Å²) in [7, 11) is 3.75. The Morgan fingerprint density at radius 2 is 1.44 bits per heavy atom. The van der Waals surface area contributed by atoms with E-state index in [9.17, 15) is 26.3 Å². The standard InChI is InChI=1S/C13H10F6O3.C2H7N/c14-12(15,16)11(20,13(17,18)19)10-6-5-9(22-10)4-3-8-2-1-7-21-8;1-3-2/h1-2,5-7,20H,3-4H2;3H,1-2H3. The summed E-state index contributed by atoms with van der Waals surface area (Å²) in [5.41, 5.74) is -5.04. The molecule has 2 aromatic rings. The van der Waals surface area contributed by atoms with Crippen molar-refractivity contribution in [3.63, 3.8) is 0 Å². The summed E-state index contributed by atoms with van der Waals surface area (Å²) in [5.74, 6) is -1.24. The Labute approximate surface area is 139 Å². The molecule has 0 aromatic carbocycles. The highest BCUT2D eigenvalue weighted by Crippen LogP contribution is 2.50. The fraction of sp³-hybridized carbons (Fsp3) is 0.467. The molecule has 0 unspecified atom stereocenters. The number of aryl methyl sites for hydroxylation is 2. The molecule has 0 amide bonds. The molecule has 2 N–H and O–H groups in total. The zero-order valence-electron chi connectivity index (χ0n) is 13.3. The molecule has 2 aromatic heterocycles. The van der Waals surface area contributed by atoms with Crippen LogP contribution in [0.1, 0.15) is 17.3 Å². The minimum Gasteiger partial charge on any atom is -0.469 e. The molecule has 142 valence electrons. The molecule has 0 spiro atoms. The molecule has 25 heavy (non-hydrogen) atoms. The van der Waals surface area contributed by atoms with Gasteiger partial charge in [-0.3, -0.25) is 0 Å². The fourth-order valence-electron chi connectivity index (χ4n) is 1.85. The van der Waals surface area contributed by atoms with Crippen molar-refractivity contribution in [1.29, 1.82) is 0 Å². The lowest BCUT2D eigenvalue weighted by Gasteiger charge is -2.30. The molecule has 0 fully saturated rings. The lowest BCUT2D eigenvalue weighted by atomic mass is 9.99. The van der Waals surface area contributed by atoms with Crippen LogP contribution in [-0.4, -0.2) is 31.6 Å². The van der Waals surface area contributed by atoms with Crippen LogP contribution in [-0.2, 0) is 18.4 Å². The van der Waals surface area contributed by atoms with Crippen molar-refractivity contribution < 1.29 is 40.3 Å². The van der Waals surface area contributed by atoms with E-state index in [1.807, 2.05) is 14.1 Å². The fourth-order valence-corrected chi connectivity index (χ4v) is 1.85. The van der Waals surface area contributed by atoms with E-state index in [1.165, 1.54) is 6.26 Å². The molecule has 0 saturated heterocycles. The summed E-state index contributed by atoms with van der Waals surface area (Å²) >= 11 is 0. The zero-order chi connectivity index (χ0) is 19.3. The van der Waals surface area contributed by atoms with E-state index < -0.39 is 23.7 Å². The average molecular weight is 373 g/mol. The molecule has 4 nitrogen and oxygen atoms in total. The van der Waals surface area contributed by atoms with E-state index in [0.29, 0.717) is 11.8 Å². The predicted molar refractivity (Wildman–Crippen MR) is 75.8 cm³/mol. The van der Waals surface area contributed by atoms with E-state index >= 15 is 0 Å². The number of furan rings is 2.